The maximum Gasteiger partial charge on any atom is 0.496 e. The first-order valence-electron chi connectivity index (χ1n) is 19.9. The molecule has 1 aliphatic heterocycles. The summed E-state index contributed by atoms with van der Waals surface area (Å²) in [6.07, 6.45) is -15.9. The molecule has 0 N–H and O–H groups in total. The van der Waals surface area contributed by atoms with E-state index in [0.717, 1.165) is 36.6 Å². The van der Waals surface area contributed by atoms with Crippen LogP contribution in [0.4, 0.5) is 52.7 Å². The van der Waals surface area contributed by atoms with Gasteiger partial charge in [0.05, 0.1) is 24.4 Å². The lowest BCUT2D eigenvalue weighted by molar-refractivity contribution is -0.252. The normalized spacial score (nSPS) is 15.5. The summed E-state index contributed by atoms with van der Waals surface area (Å²) in [6.45, 7) is 11.3. The number of alkyl halides is 10. The fourth-order valence-electron chi connectivity index (χ4n) is 5.59. The number of ether oxygens (including phenoxy) is 4. The van der Waals surface area contributed by atoms with Gasteiger partial charge in [0.25, 0.3) is 11.8 Å². The van der Waals surface area contributed by atoms with E-state index >= 15 is 0 Å². The van der Waals surface area contributed by atoms with Gasteiger partial charge >= 0.3 is 31.7 Å². The SMILES string of the molecule is C.C.CCOC(F)(F)c1nnc2ccc(-c3cnc(O[C@H](C)C(F)(F)F)c(F)c3)cn12.CCOC(F)(F)c1nnc2ccc(Br)cn12.C[C@@H](Oc1ncc(B2OC(C)(C)C(C)(C)O2)cc1F)C(F)(F)F. The Morgan fingerprint density at radius 1 is 0.629 bits per heavy atom. The van der Waals surface area contributed by atoms with Crippen molar-refractivity contribution in [3.63, 3.8) is 0 Å². The molecule has 70 heavy (non-hydrogen) atoms. The molecule has 0 saturated carbocycles. The van der Waals surface area contributed by atoms with Gasteiger partial charge in [0.15, 0.2) is 35.1 Å². The van der Waals surface area contributed by atoms with Crippen molar-refractivity contribution in [2.24, 2.45) is 0 Å². The summed E-state index contributed by atoms with van der Waals surface area (Å²) in [4.78, 5) is 7.18. The Hall–Kier alpha value is -5.32. The molecule has 28 heteroatoms. The molecule has 6 aromatic heterocycles. The van der Waals surface area contributed by atoms with Crippen LogP contribution in [0.1, 0.15) is 81.9 Å². The van der Waals surface area contributed by atoms with Gasteiger partial charge in [0.1, 0.15) is 0 Å². The number of nitrogens with zero attached hydrogens (tertiary/aromatic N) is 8. The molecule has 0 unspecified atom stereocenters. The summed E-state index contributed by atoms with van der Waals surface area (Å²) < 4.78 is 190. The molecule has 2 atom stereocenters. The van der Waals surface area contributed by atoms with E-state index in [1.807, 2.05) is 27.7 Å². The van der Waals surface area contributed by atoms with Crippen LogP contribution in [-0.2, 0) is 31.0 Å². The van der Waals surface area contributed by atoms with Crippen molar-refractivity contribution in [2.45, 2.75) is 118 Å². The fourth-order valence-corrected chi connectivity index (χ4v) is 5.93. The Bertz CT molecular complexity index is 2670. The lowest BCUT2D eigenvalue weighted by atomic mass is 9.80. The lowest BCUT2D eigenvalue weighted by Gasteiger charge is -2.32. The standard InChI is InChI=1S/C17H14F6N4O2.C14H18BF4NO3.C9H8BrF2N3O.2CH4/c1-3-28-17(22,23)15-26-25-13-5-4-10(8-27(13)15)11-6-12(18)14(24-7-11)29-9(2)16(19,20)21;1-8(14(17,18)19)21-11-10(16)6-9(7-20-11)15-22-12(2,3)13(4,5)23-15;1-2-16-9(11,12)8-14-13-7-4-3-6(10)5-15(7)8;;/h4-9H,3H2,1-2H3;6-8H,1-5H3;3-5H,2H2,1H3;2*1H4/t9-;8-;;;/m11.../s1. The fraction of sp³-hybridized carbons (Fsp3) is 0.476. The molecule has 0 amide bonds. The van der Waals surface area contributed by atoms with Crippen LogP contribution in [0.15, 0.2) is 65.7 Å². The minimum atomic E-state index is -4.69. The Kier molecular flexibility index (Phi) is 18.9. The lowest BCUT2D eigenvalue weighted by Crippen LogP contribution is -2.41. The van der Waals surface area contributed by atoms with Crippen LogP contribution in [0.5, 0.6) is 11.8 Å². The Morgan fingerprint density at radius 2 is 1.06 bits per heavy atom. The van der Waals surface area contributed by atoms with Crippen LogP contribution in [0.2, 0.25) is 0 Å². The van der Waals surface area contributed by atoms with Gasteiger partial charge in [-0.3, -0.25) is 8.80 Å². The van der Waals surface area contributed by atoms with E-state index in [-0.39, 0.29) is 50.3 Å². The zero-order valence-corrected chi connectivity index (χ0v) is 38.4. The molecule has 7 rings (SSSR count). The number of halogens is 13. The highest BCUT2D eigenvalue weighted by molar-refractivity contribution is 9.10. The van der Waals surface area contributed by atoms with E-state index in [1.54, 1.807) is 12.1 Å². The van der Waals surface area contributed by atoms with Gasteiger partial charge in [-0.05, 0) is 108 Å². The number of aromatic nitrogens is 8. The molecule has 0 aromatic carbocycles. The summed E-state index contributed by atoms with van der Waals surface area (Å²) in [5.74, 6) is -4.98. The second-order valence-corrected chi connectivity index (χ2v) is 16.3. The van der Waals surface area contributed by atoms with E-state index in [0.29, 0.717) is 10.1 Å². The van der Waals surface area contributed by atoms with Crippen molar-refractivity contribution < 1.29 is 80.9 Å². The van der Waals surface area contributed by atoms with Crippen molar-refractivity contribution >= 4 is 39.8 Å². The second-order valence-electron chi connectivity index (χ2n) is 15.4. The molecule has 1 fully saturated rings. The molecule has 0 aliphatic carbocycles. The van der Waals surface area contributed by atoms with E-state index in [4.69, 9.17) is 9.31 Å². The van der Waals surface area contributed by atoms with Crippen molar-refractivity contribution in [2.75, 3.05) is 13.2 Å². The summed E-state index contributed by atoms with van der Waals surface area (Å²) >= 11 is 3.19. The number of pyridine rings is 4. The van der Waals surface area contributed by atoms with E-state index in [9.17, 15) is 52.7 Å². The van der Waals surface area contributed by atoms with Gasteiger partial charge in [-0.1, -0.05) is 14.9 Å². The second kappa shape index (κ2) is 22.4. The largest absolute Gasteiger partial charge is 0.496 e. The molecule has 0 radical (unpaired) electrons. The zero-order chi connectivity index (χ0) is 50.8. The predicted molar refractivity (Wildman–Crippen MR) is 234 cm³/mol. The van der Waals surface area contributed by atoms with Gasteiger partial charge in [-0.15, -0.1) is 20.4 Å². The minimum absolute atomic E-state index is 0. The highest BCUT2D eigenvalue weighted by Gasteiger charge is 2.52. The summed E-state index contributed by atoms with van der Waals surface area (Å²) in [7, 11) is -0.851. The quantitative estimate of drug-likeness (QED) is 0.0850. The van der Waals surface area contributed by atoms with Gasteiger partial charge in [0, 0.05) is 45.8 Å². The van der Waals surface area contributed by atoms with Gasteiger partial charge < -0.3 is 28.3 Å². The molecule has 1 saturated heterocycles. The molecular weight excluding hydrogens is 1030 g/mol. The summed E-state index contributed by atoms with van der Waals surface area (Å²) in [5.41, 5.74) is -0.160. The third-order valence-electron chi connectivity index (χ3n) is 9.93. The van der Waals surface area contributed by atoms with Gasteiger partial charge in [0.2, 0.25) is 11.6 Å². The molecule has 0 bridgehead atoms. The van der Waals surface area contributed by atoms with Gasteiger partial charge in [-0.25, -0.2) is 18.7 Å². The van der Waals surface area contributed by atoms with Crippen molar-refractivity contribution in [1.82, 2.24) is 39.2 Å². The highest BCUT2D eigenvalue weighted by Crippen LogP contribution is 2.37. The molecule has 386 valence electrons. The molecular formula is C42H48BBrF12N8O6. The number of rotatable bonds is 12. The summed E-state index contributed by atoms with van der Waals surface area (Å²) in [6, 6.07) is 7.99. The molecule has 6 aromatic rings. The Labute approximate surface area is 402 Å². The summed E-state index contributed by atoms with van der Waals surface area (Å²) in [5, 5.41) is 14.1. The first-order chi connectivity index (χ1) is 31.4. The smallest absolute Gasteiger partial charge is 0.463 e. The van der Waals surface area contributed by atoms with E-state index < -0.39 is 90.1 Å². The molecule has 0 spiro atoms. The third-order valence-corrected chi connectivity index (χ3v) is 10.4. The third kappa shape index (κ3) is 13.8. The molecule has 7 heterocycles. The minimum Gasteiger partial charge on any atom is -0.463 e. The Balaban J connectivity index is 0.000000285. The average Bonchev–Trinajstić information content (AvgIpc) is 3.92. The van der Waals surface area contributed by atoms with Crippen LogP contribution in [0, 0.1) is 11.6 Å². The maximum atomic E-state index is 14.2. The van der Waals surface area contributed by atoms with Crippen molar-refractivity contribution in [3.8, 4) is 22.9 Å². The van der Waals surface area contributed by atoms with Gasteiger partial charge in [-0.2, -0.15) is 43.9 Å². The predicted octanol–water partition coefficient (Wildman–Crippen LogP) is 11.0. The monoisotopic (exact) mass is 1080 g/mol. The number of fused-ring (bicyclic) bond motifs is 2. The van der Waals surface area contributed by atoms with Crippen LogP contribution < -0.4 is 14.9 Å². The van der Waals surface area contributed by atoms with Crippen LogP contribution in [-0.4, -0.2) is 95.3 Å². The van der Waals surface area contributed by atoms with Crippen molar-refractivity contribution in [1.29, 1.82) is 0 Å². The first kappa shape index (κ1) is 59.0. The topological polar surface area (TPSA) is 142 Å². The van der Waals surface area contributed by atoms with Crippen molar-refractivity contribution in [3.05, 3.63) is 88.9 Å². The first-order valence-corrected chi connectivity index (χ1v) is 20.7. The number of hydrogen-bond donors (Lipinski definition) is 0. The van der Waals surface area contributed by atoms with Crippen LogP contribution in [0.3, 0.4) is 0 Å². The highest BCUT2D eigenvalue weighted by atomic mass is 79.9. The average molecular weight is 1080 g/mol. The van der Waals surface area contributed by atoms with E-state index in [1.165, 1.54) is 49.0 Å². The number of hydrogen-bond acceptors (Lipinski definition) is 12. The molecule has 1 aliphatic rings. The molecule has 14 nitrogen and oxygen atoms in total. The van der Waals surface area contributed by atoms with Crippen LogP contribution in [0.25, 0.3) is 22.4 Å². The maximum absolute atomic E-state index is 14.2. The van der Waals surface area contributed by atoms with E-state index in [2.05, 4.69) is 65.2 Å². The zero-order valence-electron chi connectivity index (χ0n) is 36.9. The van der Waals surface area contributed by atoms with Crippen LogP contribution >= 0.6 is 15.9 Å². The Morgan fingerprint density at radius 3 is 1.49 bits per heavy atom.